The molecule has 19 heavy (non-hydrogen) atoms. The first kappa shape index (κ1) is 14.6. The van der Waals surface area contributed by atoms with Crippen molar-refractivity contribution in [3.8, 4) is 11.8 Å². The van der Waals surface area contributed by atoms with Crippen LogP contribution in [0.1, 0.15) is 18.9 Å². The predicted molar refractivity (Wildman–Crippen MR) is 73.5 cm³/mol. The number of carbonyl (C=O) groups excluding carboxylic acids is 1. The van der Waals surface area contributed by atoms with Crippen LogP contribution in [0.4, 0.5) is 5.69 Å². The number of aromatic hydroxyl groups is 1. The Morgan fingerprint density at radius 2 is 2.26 bits per heavy atom. The lowest BCUT2D eigenvalue weighted by molar-refractivity contribution is -0.112. The highest BCUT2D eigenvalue weighted by Crippen LogP contribution is 2.20. The molecule has 0 bridgehead atoms. The van der Waals surface area contributed by atoms with Crippen LogP contribution in [0.3, 0.4) is 0 Å². The number of anilines is 1. The molecule has 0 aliphatic rings. The van der Waals surface area contributed by atoms with E-state index in [2.05, 4.69) is 10.6 Å². The number of rotatable bonds is 5. The Kier molecular flexibility index (Phi) is 5.42. The molecular weight excluding hydrogens is 242 g/mol. The third kappa shape index (κ3) is 4.36. The molecule has 0 spiro atoms. The van der Waals surface area contributed by atoms with Gasteiger partial charge in [-0.3, -0.25) is 4.79 Å². The van der Waals surface area contributed by atoms with Crippen LogP contribution >= 0.6 is 0 Å². The van der Waals surface area contributed by atoms with Gasteiger partial charge in [0.25, 0.3) is 5.91 Å². The summed E-state index contributed by atoms with van der Waals surface area (Å²) in [6, 6.07) is 6.47. The molecule has 100 valence electrons. The Morgan fingerprint density at radius 1 is 1.53 bits per heavy atom. The number of phenolic OH excluding ortho intramolecular Hbond substituents is 1. The molecule has 1 aromatic rings. The number of nitrogens with one attached hydrogen (secondary N) is 2. The summed E-state index contributed by atoms with van der Waals surface area (Å²) >= 11 is 0. The number of hydrogen-bond acceptors (Lipinski definition) is 4. The summed E-state index contributed by atoms with van der Waals surface area (Å²) in [6.45, 7) is 4.46. The first-order valence-electron chi connectivity index (χ1n) is 6.03. The van der Waals surface area contributed by atoms with Crippen LogP contribution in [0, 0.1) is 18.3 Å². The van der Waals surface area contributed by atoms with E-state index in [4.69, 9.17) is 5.26 Å². The van der Waals surface area contributed by atoms with Crippen molar-refractivity contribution in [2.45, 2.75) is 20.3 Å². The lowest BCUT2D eigenvalue weighted by Gasteiger charge is -2.08. The van der Waals surface area contributed by atoms with Crippen molar-refractivity contribution in [2.75, 3.05) is 11.9 Å². The monoisotopic (exact) mass is 259 g/mol. The van der Waals surface area contributed by atoms with Gasteiger partial charge in [-0.05, 0) is 37.1 Å². The minimum absolute atomic E-state index is 0.0147. The molecule has 0 aromatic heterocycles. The molecule has 1 rings (SSSR count). The Balaban J connectivity index is 2.77. The quantitative estimate of drug-likeness (QED) is 0.327. The highest BCUT2D eigenvalue weighted by molar-refractivity contribution is 6.06. The van der Waals surface area contributed by atoms with Crippen molar-refractivity contribution >= 4 is 11.6 Å². The number of phenols is 1. The first-order valence-corrected chi connectivity index (χ1v) is 6.03. The van der Waals surface area contributed by atoms with Crippen LogP contribution in [0.2, 0.25) is 0 Å². The minimum atomic E-state index is -0.472. The van der Waals surface area contributed by atoms with E-state index in [0.29, 0.717) is 12.2 Å². The Hall–Kier alpha value is -2.48. The predicted octanol–water partition coefficient (Wildman–Crippen LogP) is 2.05. The van der Waals surface area contributed by atoms with Gasteiger partial charge in [0.2, 0.25) is 0 Å². The molecule has 0 aliphatic carbocycles. The molecule has 1 amide bonds. The Labute approximate surface area is 112 Å². The van der Waals surface area contributed by atoms with Crippen LogP contribution < -0.4 is 10.6 Å². The fourth-order valence-corrected chi connectivity index (χ4v) is 1.44. The van der Waals surface area contributed by atoms with E-state index in [-0.39, 0.29) is 11.3 Å². The lowest BCUT2D eigenvalue weighted by atomic mass is 10.2. The third-order valence-electron chi connectivity index (χ3n) is 2.46. The topological polar surface area (TPSA) is 85.2 Å². The van der Waals surface area contributed by atoms with Crippen molar-refractivity contribution in [1.82, 2.24) is 5.32 Å². The fourth-order valence-electron chi connectivity index (χ4n) is 1.44. The summed E-state index contributed by atoms with van der Waals surface area (Å²) in [5.74, 6) is -0.337. The summed E-state index contributed by atoms with van der Waals surface area (Å²) in [4.78, 5) is 11.9. The van der Waals surface area contributed by atoms with Crippen molar-refractivity contribution in [2.24, 2.45) is 0 Å². The van der Waals surface area contributed by atoms with Crippen LogP contribution in [-0.2, 0) is 4.79 Å². The summed E-state index contributed by atoms with van der Waals surface area (Å²) in [5, 5.41) is 23.7. The van der Waals surface area contributed by atoms with Gasteiger partial charge in [0.05, 0.1) is 0 Å². The molecule has 0 saturated carbocycles. The van der Waals surface area contributed by atoms with Gasteiger partial charge in [-0.25, -0.2) is 0 Å². The third-order valence-corrected chi connectivity index (χ3v) is 2.46. The van der Waals surface area contributed by atoms with Crippen LogP contribution in [-0.4, -0.2) is 17.6 Å². The van der Waals surface area contributed by atoms with Crippen molar-refractivity contribution in [1.29, 1.82) is 5.26 Å². The Bertz CT molecular complexity index is 530. The van der Waals surface area contributed by atoms with Gasteiger partial charge in [-0.2, -0.15) is 5.26 Å². The molecule has 0 atom stereocenters. The van der Waals surface area contributed by atoms with Crippen LogP contribution in [0.5, 0.6) is 5.75 Å². The molecule has 0 heterocycles. The SMILES string of the molecule is CCCN/C=C(/C#N)C(=O)Nc1ccc(O)cc1C. The molecule has 5 heteroatoms. The van der Waals surface area contributed by atoms with Gasteiger partial charge in [-0.15, -0.1) is 0 Å². The van der Waals surface area contributed by atoms with Gasteiger partial charge in [0, 0.05) is 18.4 Å². The zero-order chi connectivity index (χ0) is 14.3. The van der Waals surface area contributed by atoms with Crippen LogP contribution in [0.15, 0.2) is 30.0 Å². The van der Waals surface area contributed by atoms with E-state index in [1.807, 2.05) is 13.0 Å². The Morgan fingerprint density at radius 3 is 2.84 bits per heavy atom. The van der Waals surface area contributed by atoms with Gasteiger partial charge >= 0.3 is 0 Å². The minimum Gasteiger partial charge on any atom is -0.508 e. The summed E-state index contributed by atoms with van der Waals surface area (Å²) in [5.41, 5.74) is 1.31. The molecule has 0 fully saturated rings. The number of hydrogen-bond donors (Lipinski definition) is 3. The molecule has 3 N–H and O–H groups in total. The highest BCUT2D eigenvalue weighted by Gasteiger charge is 2.10. The molecule has 5 nitrogen and oxygen atoms in total. The number of amides is 1. The summed E-state index contributed by atoms with van der Waals surface area (Å²) in [6.07, 6.45) is 2.32. The largest absolute Gasteiger partial charge is 0.508 e. The average molecular weight is 259 g/mol. The van der Waals surface area contributed by atoms with Crippen molar-refractivity contribution in [3.05, 3.63) is 35.5 Å². The van der Waals surface area contributed by atoms with E-state index in [0.717, 1.165) is 12.0 Å². The first-order chi connectivity index (χ1) is 9.08. The van der Waals surface area contributed by atoms with E-state index < -0.39 is 5.91 Å². The summed E-state index contributed by atoms with van der Waals surface area (Å²) in [7, 11) is 0. The smallest absolute Gasteiger partial charge is 0.267 e. The number of benzene rings is 1. The molecule has 0 unspecified atom stereocenters. The number of nitrogens with zero attached hydrogens (tertiary/aromatic N) is 1. The zero-order valence-corrected chi connectivity index (χ0v) is 11.0. The van der Waals surface area contributed by atoms with Crippen molar-refractivity contribution < 1.29 is 9.90 Å². The maximum absolute atomic E-state index is 11.9. The van der Waals surface area contributed by atoms with Gasteiger partial charge in [-0.1, -0.05) is 6.92 Å². The molecule has 0 radical (unpaired) electrons. The number of nitriles is 1. The fraction of sp³-hybridized carbons (Fsp3) is 0.286. The highest BCUT2D eigenvalue weighted by atomic mass is 16.3. The molecule has 1 aromatic carbocycles. The van der Waals surface area contributed by atoms with Gasteiger partial charge in [0.1, 0.15) is 17.4 Å². The second kappa shape index (κ2) is 7.07. The van der Waals surface area contributed by atoms with E-state index in [9.17, 15) is 9.90 Å². The second-order valence-corrected chi connectivity index (χ2v) is 4.08. The lowest BCUT2D eigenvalue weighted by Crippen LogP contribution is -2.17. The second-order valence-electron chi connectivity index (χ2n) is 4.08. The maximum Gasteiger partial charge on any atom is 0.267 e. The van der Waals surface area contributed by atoms with Crippen molar-refractivity contribution in [3.63, 3.8) is 0 Å². The van der Waals surface area contributed by atoms with Crippen LogP contribution in [0.25, 0.3) is 0 Å². The average Bonchev–Trinajstić information content (AvgIpc) is 2.38. The molecule has 0 saturated heterocycles. The van der Waals surface area contributed by atoms with Gasteiger partial charge < -0.3 is 15.7 Å². The summed E-state index contributed by atoms with van der Waals surface area (Å²) < 4.78 is 0. The van der Waals surface area contributed by atoms with E-state index >= 15 is 0 Å². The standard InChI is InChI=1S/C14H17N3O2/c1-3-6-16-9-11(8-15)14(19)17-13-5-4-12(18)7-10(13)2/h4-5,7,9,16,18H,3,6H2,1-2H3,(H,17,19)/b11-9-. The normalized spacial score (nSPS) is 10.7. The number of aryl methyl sites for hydroxylation is 1. The molecule has 0 aliphatic heterocycles. The number of carbonyl (C=O) groups is 1. The molecular formula is C14H17N3O2. The zero-order valence-electron chi connectivity index (χ0n) is 11.0. The van der Waals surface area contributed by atoms with E-state index in [1.54, 1.807) is 19.1 Å². The van der Waals surface area contributed by atoms with E-state index in [1.165, 1.54) is 12.3 Å². The maximum atomic E-state index is 11.9. The van der Waals surface area contributed by atoms with Gasteiger partial charge in [0.15, 0.2) is 0 Å².